The number of carbonyl (C=O) groups is 2. The van der Waals surface area contributed by atoms with E-state index in [1.165, 1.54) is 23.5 Å². The third-order valence-electron chi connectivity index (χ3n) is 2.61. The Morgan fingerprint density at radius 2 is 2.00 bits per heavy atom. The maximum absolute atomic E-state index is 11.8. The number of carboxylic acids is 1. The van der Waals surface area contributed by atoms with Gasteiger partial charge in [0.1, 0.15) is 10.7 Å². The van der Waals surface area contributed by atoms with Crippen molar-refractivity contribution in [3.63, 3.8) is 0 Å². The summed E-state index contributed by atoms with van der Waals surface area (Å²) in [5.41, 5.74) is 6.81. The fourth-order valence-electron chi connectivity index (χ4n) is 1.55. The van der Waals surface area contributed by atoms with Gasteiger partial charge in [-0.2, -0.15) is 0 Å². The van der Waals surface area contributed by atoms with Gasteiger partial charge in [-0.3, -0.25) is 4.79 Å². The van der Waals surface area contributed by atoms with E-state index in [0.29, 0.717) is 23.8 Å². The topological polar surface area (TPSA) is 105 Å². The molecule has 1 heterocycles. The minimum absolute atomic E-state index is 0.215. The number of hydrogen-bond acceptors (Lipinski definition) is 5. The largest absolute Gasteiger partial charge is 0.478 e. The summed E-state index contributed by atoms with van der Waals surface area (Å²) in [6.45, 7) is 0.628. The minimum Gasteiger partial charge on any atom is -0.478 e. The molecule has 0 saturated heterocycles. The highest BCUT2D eigenvalue weighted by Crippen LogP contribution is 2.09. The molecule has 0 radical (unpaired) electrons. The highest BCUT2D eigenvalue weighted by molar-refractivity contribution is 7.09. The summed E-state index contributed by atoms with van der Waals surface area (Å²) in [6, 6.07) is 6.32. The Balaban J connectivity index is 1.94. The number of aromatic nitrogens is 1. The molecule has 104 valence electrons. The molecule has 20 heavy (non-hydrogen) atoms. The van der Waals surface area contributed by atoms with Crippen molar-refractivity contribution in [2.75, 3.05) is 0 Å². The van der Waals surface area contributed by atoms with Gasteiger partial charge in [0.15, 0.2) is 0 Å². The van der Waals surface area contributed by atoms with Crippen molar-refractivity contribution in [2.45, 2.75) is 13.1 Å². The van der Waals surface area contributed by atoms with E-state index in [1.807, 2.05) is 0 Å². The second-order valence-corrected chi connectivity index (χ2v) is 4.96. The predicted molar refractivity (Wildman–Crippen MR) is 74.6 cm³/mol. The number of thiazole rings is 1. The Kier molecular flexibility index (Phi) is 4.44. The molecule has 0 unspecified atom stereocenters. The third kappa shape index (κ3) is 3.40. The van der Waals surface area contributed by atoms with Crippen LogP contribution in [0.3, 0.4) is 0 Å². The van der Waals surface area contributed by atoms with Gasteiger partial charge in [0, 0.05) is 18.5 Å². The van der Waals surface area contributed by atoms with Crippen LogP contribution in [0.15, 0.2) is 29.6 Å². The second-order valence-electron chi connectivity index (χ2n) is 4.02. The highest BCUT2D eigenvalue weighted by atomic mass is 32.1. The summed E-state index contributed by atoms with van der Waals surface area (Å²) in [7, 11) is 0. The van der Waals surface area contributed by atoms with E-state index in [2.05, 4.69) is 10.3 Å². The van der Waals surface area contributed by atoms with Gasteiger partial charge < -0.3 is 16.2 Å². The summed E-state index contributed by atoms with van der Waals surface area (Å²) in [6.07, 6.45) is 0. The van der Waals surface area contributed by atoms with E-state index in [-0.39, 0.29) is 11.5 Å². The summed E-state index contributed by atoms with van der Waals surface area (Å²) in [5.74, 6) is -1.25. The summed E-state index contributed by atoms with van der Waals surface area (Å²) in [5, 5.41) is 13.9. The maximum atomic E-state index is 11.8. The maximum Gasteiger partial charge on any atom is 0.335 e. The lowest BCUT2D eigenvalue weighted by molar-refractivity contribution is 0.0696. The SMILES string of the molecule is NCc1nc(C(=O)NCc2ccc(C(=O)O)cc2)cs1. The zero-order valence-electron chi connectivity index (χ0n) is 10.5. The van der Waals surface area contributed by atoms with Crippen molar-refractivity contribution in [3.05, 3.63) is 51.5 Å². The number of aromatic carboxylic acids is 1. The third-order valence-corrected chi connectivity index (χ3v) is 3.48. The van der Waals surface area contributed by atoms with Crippen molar-refractivity contribution in [1.29, 1.82) is 0 Å². The molecule has 1 amide bonds. The monoisotopic (exact) mass is 291 g/mol. The van der Waals surface area contributed by atoms with Crippen molar-refractivity contribution in [3.8, 4) is 0 Å². The van der Waals surface area contributed by atoms with Gasteiger partial charge in [-0.05, 0) is 17.7 Å². The number of carboxylic acid groups (broad SMARTS) is 1. The number of nitrogens with two attached hydrogens (primary N) is 1. The van der Waals surface area contributed by atoms with Crippen LogP contribution in [0.1, 0.15) is 31.4 Å². The summed E-state index contributed by atoms with van der Waals surface area (Å²) >= 11 is 1.34. The van der Waals surface area contributed by atoms with E-state index in [4.69, 9.17) is 10.8 Å². The number of benzene rings is 1. The molecule has 0 aliphatic carbocycles. The molecule has 0 saturated carbocycles. The second kappa shape index (κ2) is 6.27. The average molecular weight is 291 g/mol. The zero-order chi connectivity index (χ0) is 14.5. The lowest BCUT2D eigenvalue weighted by atomic mass is 10.1. The van der Waals surface area contributed by atoms with Crippen molar-refractivity contribution in [2.24, 2.45) is 5.73 Å². The van der Waals surface area contributed by atoms with Gasteiger partial charge >= 0.3 is 5.97 Å². The Morgan fingerprint density at radius 3 is 2.55 bits per heavy atom. The smallest absolute Gasteiger partial charge is 0.335 e. The first-order chi connectivity index (χ1) is 9.60. The molecule has 0 fully saturated rings. The van der Waals surface area contributed by atoms with E-state index in [0.717, 1.165) is 5.56 Å². The zero-order valence-corrected chi connectivity index (χ0v) is 11.3. The van der Waals surface area contributed by atoms with E-state index in [1.54, 1.807) is 17.5 Å². The van der Waals surface area contributed by atoms with Crippen molar-refractivity contribution in [1.82, 2.24) is 10.3 Å². The summed E-state index contributed by atoms with van der Waals surface area (Å²) in [4.78, 5) is 26.6. The molecule has 0 aliphatic rings. The lowest BCUT2D eigenvalue weighted by Crippen LogP contribution is -2.23. The molecule has 0 spiro atoms. The molecule has 0 atom stereocenters. The molecule has 0 bridgehead atoms. The molecular weight excluding hydrogens is 278 g/mol. The van der Waals surface area contributed by atoms with Crippen LogP contribution in [0.4, 0.5) is 0 Å². The fraction of sp³-hybridized carbons (Fsp3) is 0.154. The van der Waals surface area contributed by atoms with Gasteiger partial charge in [-0.15, -0.1) is 11.3 Å². The molecule has 0 aliphatic heterocycles. The molecular formula is C13H13N3O3S. The van der Waals surface area contributed by atoms with Crippen LogP contribution in [-0.2, 0) is 13.1 Å². The van der Waals surface area contributed by atoms with Crippen molar-refractivity contribution >= 4 is 23.2 Å². The van der Waals surface area contributed by atoms with Crippen LogP contribution in [0, 0.1) is 0 Å². The quantitative estimate of drug-likeness (QED) is 0.768. The van der Waals surface area contributed by atoms with Crippen LogP contribution < -0.4 is 11.1 Å². The number of carbonyl (C=O) groups excluding carboxylic acids is 1. The number of hydrogen-bond donors (Lipinski definition) is 3. The first kappa shape index (κ1) is 14.2. The van der Waals surface area contributed by atoms with Crippen molar-refractivity contribution < 1.29 is 14.7 Å². The Morgan fingerprint density at radius 1 is 1.30 bits per heavy atom. The van der Waals surface area contributed by atoms with E-state index in [9.17, 15) is 9.59 Å². The molecule has 1 aromatic heterocycles. The lowest BCUT2D eigenvalue weighted by Gasteiger charge is -2.04. The average Bonchev–Trinajstić information content (AvgIpc) is 2.94. The molecule has 6 nitrogen and oxygen atoms in total. The van der Waals surface area contributed by atoms with Gasteiger partial charge in [0.25, 0.3) is 5.91 Å². The van der Waals surface area contributed by atoms with Crippen LogP contribution in [0.25, 0.3) is 0 Å². The Labute approximate surface area is 119 Å². The molecule has 2 aromatic rings. The normalized spacial score (nSPS) is 10.2. The Hall–Kier alpha value is -2.25. The molecule has 2 rings (SSSR count). The Bertz CT molecular complexity index is 622. The van der Waals surface area contributed by atoms with Gasteiger partial charge in [-0.1, -0.05) is 12.1 Å². The van der Waals surface area contributed by atoms with Crippen LogP contribution in [0.2, 0.25) is 0 Å². The fourth-order valence-corrected chi connectivity index (χ4v) is 2.20. The molecule has 4 N–H and O–H groups in total. The molecule has 7 heteroatoms. The van der Waals surface area contributed by atoms with Gasteiger partial charge in [-0.25, -0.2) is 9.78 Å². The predicted octanol–water partition coefficient (Wildman–Crippen LogP) is 1.23. The highest BCUT2D eigenvalue weighted by Gasteiger charge is 2.10. The van der Waals surface area contributed by atoms with E-state index < -0.39 is 5.97 Å². The van der Waals surface area contributed by atoms with Gasteiger partial charge in [0.05, 0.1) is 5.56 Å². The first-order valence-electron chi connectivity index (χ1n) is 5.85. The minimum atomic E-state index is -0.975. The number of amides is 1. The summed E-state index contributed by atoms with van der Waals surface area (Å²) < 4.78 is 0. The number of rotatable bonds is 5. The first-order valence-corrected chi connectivity index (χ1v) is 6.73. The van der Waals surface area contributed by atoms with Gasteiger partial charge in [0.2, 0.25) is 0 Å². The van der Waals surface area contributed by atoms with Crippen LogP contribution >= 0.6 is 11.3 Å². The number of nitrogens with zero attached hydrogens (tertiary/aromatic N) is 1. The van der Waals surface area contributed by atoms with E-state index >= 15 is 0 Å². The van der Waals surface area contributed by atoms with Crippen LogP contribution in [-0.4, -0.2) is 22.0 Å². The molecule has 1 aromatic carbocycles. The van der Waals surface area contributed by atoms with Crippen LogP contribution in [0.5, 0.6) is 0 Å². The standard InChI is InChI=1S/C13H13N3O3S/c14-5-11-16-10(7-20-11)12(17)15-6-8-1-3-9(4-2-8)13(18)19/h1-4,7H,5-6,14H2,(H,15,17)(H,18,19). The number of nitrogens with one attached hydrogen (secondary N) is 1.